The van der Waals surface area contributed by atoms with Gasteiger partial charge in [-0.05, 0) is 44.6 Å². The second-order valence-corrected chi connectivity index (χ2v) is 8.56. The van der Waals surface area contributed by atoms with Gasteiger partial charge in [0.2, 0.25) is 11.8 Å². The molecule has 158 valence electrons. The van der Waals surface area contributed by atoms with E-state index in [4.69, 9.17) is 9.47 Å². The van der Waals surface area contributed by atoms with Crippen molar-refractivity contribution < 1.29 is 19.1 Å². The van der Waals surface area contributed by atoms with Crippen LogP contribution in [0.1, 0.15) is 44.1 Å². The Hall–Kier alpha value is -2.08. The first-order valence-electron chi connectivity index (χ1n) is 11.0. The number of likely N-dealkylation sites (tertiary alicyclic amines) is 1. The van der Waals surface area contributed by atoms with Crippen LogP contribution in [0.4, 0.5) is 0 Å². The number of carbonyl (C=O) groups excluding carboxylic acids is 2. The molecule has 2 saturated heterocycles. The molecular weight excluding hydrogens is 368 g/mol. The summed E-state index contributed by atoms with van der Waals surface area (Å²) in [5, 5.41) is 0. The lowest BCUT2D eigenvalue weighted by Gasteiger charge is -2.36. The van der Waals surface area contributed by atoms with E-state index in [0.717, 1.165) is 63.0 Å². The van der Waals surface area contributed by atoms with Crippen molar-refractivity contribution in [2.24, 2.45) is 11.8 Å². The van der Waals surface area contributed by atoms with E-state index in [9.17, 15) is 9.59 Å². The number of benzene rings is 1. The van der Waals surface area contributed by atoms with Crippen LogP contribution < -0.4 is 4.74 Å². The minimum atomic E-state index is -0.123. The van der Waals surface area contributed by atoms with E-state index in [0.29, 0.717) is 19.6 Å². The number of methoxy groups -OCH3 is 1. The molecule has 6 heteroatoms. The Morgan fingerprint density at radius 2 is 1.97 bits per heavy atom. The Labute approximate surface area is 173 Å². The second-order valence-electron chi connectivity index (χ2n) is 8.56. The van der Waals surface area contributed by atoms with Crippen molar-refractivity contribution >= 4 is 11.8 Å². The molecule has 0 N–H and O–H groups in total. The lowest BCUT2D eigenvalue weighted by Crippen LogP contribution is -2.48. The molecule has 0 radical (unpaired) electrons. The monoisotopic (exact) mass is 400 g/mol. The van der Waals surface area contributed by atoms with Crippen molar-refractivity contribution in [3.05, 3.63) is 29.8 Å². The van der Waals surface area contributed by atoms with Gasteiger partial charge in [-0.15, -0.1) is 0 Å². The average Bonchev–Trinajstić information content (AvgIpc) is 3.49. The smallest absolute Gasteiger partial charge is 0.227 e. The van der Waals surface area contributed by atoms with Crippen LogP contribution in [-0.4, -0.2) is 61.1 Å². The highest BCUT2D eigenvalue weighted by molar-refractivity contribution is 5.83. The van der Waals surface area contributed by atoms with Crippen LogP contribution >= 0.6 is 0 Å². The van der Waals surface area contributed by atoms with E-state index in [2.05, 4.69) is 0 Å². The summed E-state index contributed by atoms with van der Waals surface area (Å²) in [6.07, 6.45) is 5.90. The Kier molecular flexibility index (Phi) is 6.38. The maximum Gasteiger partial charge on any atom is 0.227 e. The first kappa shape index (κ1) is 20.2. The number of rotatable bonds is 7. The number of hydrogen-bond donors (Lipinski definition) is 0. The number of ether oxygens (including phenoxy) is 2. The van der Waals surface area contributed by atoms with Crippen molar-refractivity contribution in [3.8, 4) is 5.75 Å². The van der Waals surface area contributed by atoms with Crippen molar-refractivity contribution in [1.82, 2.24) is 9.80 Å². The molecule has 0 spiro atoms. The summed E-state index contributed by atoms with van der Waals surface area (Å²) in [7, 11) is 1.66. The lowest BCUT2D eigenvalue weighted by molar-refractivity contribution is -0.143. The van der Waals surface area contributed by atoms with Crippen molar-refractivity contribution in [1.29, 1.82) is 0 Å². The summed E-state index contributed by atoms with van der Waals surface area (Å²) in [6.45, 7) is 3.23. The van der Waals surface area contributed by atoms with Gasteiger partial charge in [-0.25, -0.2) is 0 Å². The summed E-state index contributed by atoms with van der Waals surface area (Å²) in [5.74, 6) is 1.27. The number of hydrogen-bond acceptors (Lipinski definition) is 4. The SMILES string of the molecule is COc1ccccc1CN(CC1CCCO1)C(=O)C1CCCN(C(=O)C2CC2)C1. The minimum absolute atomic E-state index is 0.0986. The molecule has 1 saturated carbocycles. The highest BCUT2D eigenvalue weighted by atomic mass is 16.5. The van der Waals surface area contributed by atoms with Gasteiger partial charge in [0.05, 0.1) is 19.1 Å². The highest BCUT2D eigenvalue weighted by Crippen LogP contribution is 2.33. The Balaban J connectivity index is 1.48. The Morgan fingerprint density at radius 1 is 1.14 bits per heavy atom. The zero-order valence-electron chi connectivity index (χ0n) is 17.3. The Bertz CT molecular complexity index is 727. The first-order valence-corrected chi connectivity index (χ1v) is 11.0. The van der Waals surface area contributed by atoms with E-state index in [-0.39, 0.29) is 29.8 Å². The number of amides is 2. The van der Waals surface area contributed by atoms with Gasteiger partial charge in [0.1, 0.15) is 5.75 Å². The number of para-hydroxylation sites is 1. The molecule has 3 fully saturated rings. The van der Waals surface area contributed by atoms with Crippen molar-refractivity contribution in [2.45, 2.75) is 51.2 Å². The van der Waals surface area contributed by atoms with E-state index in [1.165, 1.54) is 0 Å². The van der Waals surface area contributed by atoms with Crippen LogP contribution in [0.25, 0.3) is 0 Å². The maximum absolute atomic E-state index is 13.5. The largest absolute Gasteiger partial charge is 0.496 e. The molecule has 2 atom stereocenters. The molecule has 2 aliphatic heterocycles. The quantitative estimate of drug-likeness (QED) is 0.706. The van der Waals surface area contributed by atoms with Crippen LogP contribution in [0.3, 0.4) is 0 Å². The topological polar surface area (TPSA) is 59.1 Å². The molecule has 29 heavy (non-hydrogen) atoms. The van der Waals surface area contributed by atoms with Crippen LogP contribution in [0, 0.1) is 11.8 Å². The summed E-state index contributed by atoms with van der Waals surface area (Å²) in [6, 6.07) is 7.86. The van der Waals surface area contributed by atoms with E-state index in [1.54, 1.807) is 7.11 Å². The number of carbonyl (C=O) groups is 2. The fraction of sp³-hybridized carbons (Fsp3) is 0.652. The van der Waals surface area contributed by atoms with Gasteiger partial charge in [0.25, 0.3) is 0 Å². The van der Waals surface area contributed by atoms with Gasteiger partial charge < -0.3 is 19.3 Å². The molecule has 4 rings (SSSR count). The molecule has 1 aromatic rings. The lowest BCUT2D eigenvalue weighted by atomic mass is 9.95. The van der Waals surface area contributed by atoms with E-state index >= 15 is 0 Å². The summed E-state index contributed by atoms with van der Waals surface area (Å²) >= 11 is 0. The summed E-state index contributed by atoms with van der Waals surface area (Å²) in [5.41, 5.74) is 1.00. The van der Waals surface area contributed by atoms with Gasteiger partial charge in [0, 0.05) is 44.3 Å². The molecule has 2 unspecified atom stereocenters. The zero-order valence-corrected chi connectivity index (χ0v) is 17.3. The van der Waals surface area contributed by atoms with Crippen molar-refractivity contribution in [3.63, 3.8) is 0 Å². The average molecular weight is 401 g/mol. The van der Waals surface area contributed by atoms with Gasteiger partial charge in [0.15, 0.2) is 0 Å². The summed E-state index contributed by atoms with van der Waals surface area (Å²) in [4.78, 5) is 29.9. The molecule has 0 bridgehead atoms. The predicted octanol–water partition coefficient (Wildman–Crippen LogP) is 2.85. The molecule has 1 aliphatic carbocycles. The fourth-order valence-corrected chi connectivity index (χ4v) is 4.53. The molecule has 3 aliphatic rings. The van der Waals surface area contributed by atoms with Gasteiger partial charge in [-0.3, -0.25) is 9.59 Å². The van der Waals surface area contributed by atoms with Crippen LogP contribution in [0.5, 0.6) is 5.75 Å². The predicted molar refractivity (Wildman–Crippen MR) is 109 cm³/mol. The van der Waals surface area contributed by atoms with Gasteiger partial charge >= 0.3 is 0 Å². The molecule has 6 nitrogen and oxygen atoms in total. The zero-order chi connectivity index (χ0) is 20.2. The van der Waals surface area contributed by atoms with E-state index in [1.807, 2.05) is 34.1 Å². The van der Waals surface area contributed by atoms with Crippen LogP contribution in [-0.2, 0) is 20.9 Å². The minimum Gasteiger partial charge on any atom is -0.496 e. The van der Waals surface area contributed by atoms with Crippen LogP contribution in [0.2, 0.25) is 0 Å². The molecule has 0 aromatic heterocycles. The maximum atomic E-state index is 13.5. The second kappa shape index (κ2) is 9.16. The number of piperidine rings is 1. The standard InChI is InChI=1S/C23H32N2O4/c1-28-21-9-3-2-6-18(21)14-25(16-20-8-5-13-29-20)23(27)19-7-4-12-24(15-19)22(26)17-10-11-17/h2-3,6,9,17,19-20H,4-5,7-8,10-16H2,1H3. The third-order valence-corrected chi connectivity index (χ3v) is 6.32. The summed E-state index contributed by atoms with van der Waals surface area (Å²) < 4.78 is 11.3. The first-order chi connectivity index (χ1) is 14.2. The third kappa shape index (κ3) is 4.92. The Morgan fingerprint density at radius 3 is 2.69 bits per heavy atom. The van der Waals surface area contributed by atoms with Crippen LogP contribution in [0.15, 0.2) is 24.3 Å². The van der Waals surface area contributed by atoms with Gasteiger partial charge in [-0.1, -0.05) is 18.2 Å². The normalized spacial score (nSPS) is 24.4. The van der Waals surface area contributed by atoms with Crippen molar-refractivity contribution in [2.75, 3.05) is 33.4 Å². The van der Waals surface area contributed by atoms with E-state index < -0.39 is 0 Å². The molecule has 2 heterocycles. The fourth-order valence-electron chi connectivity index (χ4n) is 4.53. The highest BCUT2D eigenvalue weighted by Gasteiger charge is 2.38. The molecule has 1 aromatic carbocycles. The molecular formula is C23H32N2O4. The third-order valence-electron chi connectivity index (χ3n) is 6.32. The molecule has 2 amide bonds. The number of nitrogens with zero attached hydrogens (tertiary/aromatic N) is 2. The van der Waals surface area contributed by atoms with Gasteiger partial charge in [-0.2, -0.15) is 0 Å².